The second-order valence-electron chi connectivity index (χ2n) is 4.61. The van der Waals surface area contributed by atoms with E-state index in [0.717, 1.165) is 6.07 Å². The Kier molecular flexibility index (Phi) is 3.42. The third-order valence-corrected chi connectivity index (χ3v) is 3.30. The molecule has 0 saturated heterocycles. The van der Waals surface area contributed by atoms with E-state index in [9.17, 15) is 14.0 Å². The number of carbonyl (C=O) groups is 2. The predicted molar refractivity (Wildman–Crippen MR) is 64.6 cm³/mol. The molecule has 0 spiro atoms. The standard InChI is InChI=1S/C13H14FNO4/c1-19-10-3-2-8(14)6-9(10)11(16)15-7-13(4-5-13)12(17)18/h2-3,6H,4-5,7H2,1H3,(H,15,16)(H,17,18). The molecule has 6 heteroatoms. The van der Waals surface area contributed by atoms with Crippen molar-refractivity contribution in [3.63, 3.8) is 0 Å². The summed E-state index contributed by atoms with van der Waals surface area (Å²) in [5.41, 5.74) is -0.792. The molecule has 1 aromatic rings. The van der Waals surface area contributed by atoms with E-state index in [0.29, 0.717) is 12.8 Å². The number of halogens is 1. The van der Waals surface area contributed by atoms with Gasteiger partial charge in [-0.3, -0.25) is 9.59 Å². The van der Waals surface area contributed by atoms with Gasteiger partial charge >= 0.3 is 5.97 Å². The Bertz CT molecular complexity index is 525. The van der Waals surface area contributed by atoms with Crippen LogP contribution in [0.4, 0.5) is 4.39 Å². The maximum absolute atomic E-state index is 13.1. The molecular formula is C13H14FNO4. The first-order chi connectivity index (χ1) is 8.98. The lowest BCUT2D eigenvalue weighted by molar-refractivity contribution is -0.143. The van der Waals surface area contributed by atoms with Gasteiger partial charge in [-0.05, 0) is 31.0 Å². The largest absolute Gasteiger partial charge is 0.496 e. The maximum Gasteiger partial charge on any atom is 0.311 e. The predicted octanol–water partition coefficient (Wildman–Crippen LogP) is 1.43. The fourth-order valence-electron chi connectivity index (χ4n) is 1.82. The first-order valence-corrected chi connectivity index (χ1v) is 5.84. The normalized spacial score (nSPS) is 15.7. The van der Waals surface area contributed by atoms with Crippen molar-refractivity contribution in [3.05, 3.63) is 29.6 Å². The molecule has 1 aromatic carbocycles. The molecule has 19 heavy (non-hydrogen) atoms. The fourth-order valence-corrected chi connectivity index (χ4v) is 1.82. The molecule has 0 aliphatic heterocycles. The third-order valence-electron chi connectivity index (χ3n) is 3.30. The van der Waals surface area contributed by atoms with Crippen LogP contribution in [0.15, 0.2) is 18.2 Å². The minimum Gasteiger partial charge on any atom is -0.496 e. The number of aliphatic carboxylic acids is 1. The highest BCUT2D eigenvalue weighted by molar-refractivity contribution is 5.97. The van der Waals surface area contributed by atoms with Gasteiger partial charge in [0.1, 0.15) is 11.6 Å². The SMILES string of the molecule is COc1ccc(F)cc1C(=O)NCC1(C(=O)O)CC1. The molecular weight excluding hydrogens is 253 g/mol. The molecule has 102 valence electrons. The van der Waals surface area contributed by atoms with Crippen LogP contribution >= 0.6 is 0 Å². The van der Waals surface area contributed by atoms with E-state index in [1.54, 1.807) is 0 Å². The average molecular weight is 267 g/mol. The Balaban J connectivity index is 2.08. The molecule has 2 rings (SSSR count). The number of methoxy groups -OCH3 is 1. The molecule has 5 nitrogen and oxygen atoms in total. The summed E-state index contributed by atoms with van der Waals surface area (Å²) in [4.78, 5) is 22.9. The van der Waals surface area contributed by atoms with E-state index in [-0.39, 0.29) is 17.9 Å². The lowest BCUT2D eigenvalue weighted by Gasteiger charge is -2.13. The van der Waals surface area contributed by atoms with Crippen molar-refractivity contribution in [3.8, 4) is 5.75 Å². The fraction of sp³-hybridized carbons (Fsp3) is 0.385. The maximum atomic E-state index is 13.1. The molecule has 0 bridgehead atoms. The van der Waals surface area contributed by atoms with Crippen molar-refractivity contribution in [2.45, 2.75) is 12.8 Å². The zero-order valence-electron chi connectivity index (χ0n) is 10.4. The Morgan fingerprint density at radius 2 is 2.16 bits per heavy atom. The highest BCUT2D eigenvalue weighted by Gasteiger charge is 2.50. The van der Waals surface area contributed by atoms with Crippen LogP contribution < -0.4 is 10.1 Å². The molecule has 0 unspecified atom stereocenters. The molecule has 1 fully saturated rings. The van der Waals surface area contributed by atoms with E-state index >= 15 is 0 Å². The zero-order chi connectivity index (χ0) is 14.0. The average Bonchev–Trinajstić information content (AvgIpc) is 3.17. The Labute approximate surface area is 109 Å². The molecule has 1 aliphatic rings. The minimum absolute atomic E-state index is 0.0425. The summed E-state index contributed by atoms with van der Waals surface area (Å²) in [6.07, 6.45) is 1.09. The zero-order valence-corrected chi connectivity index (χ0v) is 10.4. The van der Waals surface area contributed by atoms with Crippen LogP contribution in [0.3, 0.4) is 0 Å². The molecule has 0 radical (unpaired) electrons. The van der Waals surface area contributed by atoms with Gasteiger partial charge in [-0.25, -0.2) is 4.39 Å². The molecule has 1 saturated carbocycles. The topological polar surface area (TPSA) is 75.6 Å². The van der Waals surface area contributed by atoms with Gasteiger partial charge in [-0.2, -0.15) is 0 Å². The molecule has 1 aliphatic carbocycles. The summed E-state index contributed by atoms with van der Waals surface area (Å²) in [6.45, 7) is 0.0425. The number of rotatable bonds is 5. The number of carboxylic acid groups (broad SMARTS) is 1. The van der Waals surface area contributed by atoms with Gasteiger partial charge < -0.3 is 15.2 Å². The second kappa shape index (κ2) is 4.87. The first kappa shape index (κ1) is 13.3. The van der Waals surface area contributed by atoms with E-state index in [4.69, 9.17) is 9.84 Å². The molecule has 0 heterocycles. The van der Waals surface area contributed by atoms with Crippen LogP contribution in [0.1, 0.15) is 23.2 Å². The number of nitrogens with one attached hydrogen (secondary N) is 1. The molecule has 1 amide bonds. The summed E-state index contributed by atoms with van der Waals surface area (Å²) in [5.74, 6) is -1.76. The summed E-state index contributed by atoms with van der Waals surface area (Å²) in [6, 6.07) is 3.61. The summed E-state index contributed by atoms with van der Waals surface area (Å²) in [7, 11) is 1.38. The van der Waals surface area contributed by atoms with Crippen LogP contribution in [0.2, 0.25) is 0 Å². The lowest BCUT2D eigenvalue weighted by Crippen LogP contribution is -2.34. The van der Waals surface area contributed by atoms with Crippen LogP contribution in [0, 0.1) is 11.2 Å². The van der Waals surface area contributed by atoms with Gasteiger partial charge in [0.05, 0.1) is 18.1 Å². The third kappa shape index (κ3) is 2.67. The van der Waals surface area contributed by atoms with Crippen LogP contribution in [0.5, 0.6) is 5.75 Å². The Morgan fingerprint density at radius 1 is 1.47 bits per heavy atom. The molecule has 0 atom stereocenters. The lowest BCUT2D eigenvalue weighted by atomic mass is 10.1. The number of hydrogen-bond acceptors (Lipinski definition) is 3. The number of ether oxygens (including phenoxy) is 1. The quantitative estimate of drug-likeness (QED) is 0.846. The number of carbonyl (C=O) groups excluding carboxylic acids is 1. The minimum atomic E-state index is -0.918. The first-order valence-electron chi connectivity index (χ1n) is 5.84. The highest BCUT2D eigenvalue weighted by atomic mass is 19.1. The highest BCUT2D eigenvalue weighted by Crippen LogP contribution is 2.45. The van der Waals surface area contributed by atoms with Crippen molar-refractivity contribution in [1.29, 1.82) is 0 Å². The van der Waals surface area contributed by atoms with Gasteiger partial charge in [0.2, 0.25) is 0 Å². The van der Waals surface area contributed by atoms with Crippen molar-refractivity contribution in [1.82, 2.24) is 5.32 Å². The van der Waals surface area contributed by atoms with E-state index in [1.165, 1.54) is 19.2 Å². The van der Waals surface area contributed by atoms with E-state index in [2.05, 4.69) is 5.32 Å². The number of benzene rings is 1. The summed E-state index contributed by atoms with van der Waals surface area (Å²) in [5, 5.41) is 11.5. The summed E-state index contributed by atoms with van der Waals surface area (Å²) < 4.78 is 18.1. The van der Waals surface area contributed by atoms with E-state index < -0.39 is 23.1 Å². The van der Waals surface area contributed by atoms with Gasteiger partial charge in [-0.1, -0.05) is 0 Å². The second-order valence-corrected chi connectivity index (χ2v) is 4.61. The van der Waals surface area contributed by atoms with Crippen LogP contribution in [-0.2, 0) is 4.79 Å². The van der Waals surface area contributed by atoms with Gasteiger partial charge in [0.25, 0.3) is 5.91 Å². The number of hydrogen-bond donors (Lipinski definition) is 2. The Morgan fingerprint density at radius 3 is 2.68 bits per heavy atom. The van der Waals surface area contributed by atoms with Crippen LogP contribution in [-0.4, -0.2) is 30.6 Å². The van der Waals surface area contributed by atoms with Gasteiger partial charge in [0, 0.05) is 6.54 Å². The summed E-state index contributed by atoms with van der Waals surface area (Å²) >= 11 is 0. The smallest absolute Gasteiger partial charge is 0.311 e. The van der Waals surface area contributed by atoms with Gasteiger partial charge in [0.15, 0.2) is 0 Å². The van der Waals surface area contributed by atoms with E-state index in [1.807, 2.05) is 0 Å². The monoisotopic (exact) mass is 267 g/mol. The van der Waals surface area contributed by atoms with Crippen molar-refractivity contribution in [2.24, 2.45) is 5.41 Å². The Hall–Kier alpha value is -2.11. The molecule has 0 aromatic heterocycles. The van der Waals surface area contributed by atoms with Crippen molar-refractivity contribution in [2.75, 3.05) is 13.7 Å². The van der Waals surface area contributed by atoms with Crippen molar-refractivity contribution >= 4 is 11.9 Å². The number of amides is 1. The van der Waals surface area contributed by atoms with Gasteiger partial charge in [-0.15, -0.1) is 0 Å². The number of carboxylic acids is 1. The molecule has 2 N–H and O–H groups in total. The van der Waals surface area contributed by atoms with Crippen molar-refractivity contribution < 1.29 is 23.8 Å². The van der Waals surface area contributed by atoms with Crippen LogP contribution in [0.25, 0.3) is 0 Å².